The molecule has 0 radical (unpaired) electrons. The normalized spacial score (nSPS) is 13.7. The Kier molecular flexibility index (Phi) is 7.18. The molecule has 12 heteroatoms. The maximum absolute atomic E-state index is 11.4. The molecular formula is C11H18N2O8S2. The molecule has 132 valence electrons. The van der Waals surface area contributed by atoms with Crippen molar-refractivity contribution in [3.8, 4) is 11.5 Å². The van der Waals surface area contributed by atoms with Crippen molar-refractivity contribution < 1.29 is 35.0 Å². The summed E-state index contributed by atoms with van der Waals surface area (Å²) in [5.41, 5.74) is 0. The molecule has 1 rings (SSSR count). The Bertz CT molecular complexity index is 704. The SMILES string of the molecule is CNS(=O)(=O)OCC(COc1ccccc1O)OS(=O)(=O)NC. The van der Waals surface area contributed by atoms with Crippen LogP contribution in [0, 0.1) is 0 Å². The van der Waals surface area contributed by atoms with Gasteiger partial charge in [-0.2, -0.15) is 26.3 Å². The zero-order valence-electron chi connectivity index (χ0n) is 12.4. The summed E-state index contributed by atoms with van der Waals surface area (Å²) in [5.74, 6) is -0.0779. The van der Waals surface area contributed by atoms with Gasteiger partial charge in [0.1, 0.15) is 12.7 Å². The van der Waals surface area contributed by atoms with Crippen LogP contribution in [0.2, 0.25) is 0 Å². The van der Waals surface area contributed by atoms with Gasteiger partial charge in [0.2, 0.25) is 0 Å². The largest absolute Gasteiger partial charge is 0.504 e. The first kappa shape index (κ1) is 19.6. The standard InChI is InChI=1S/C11H18N2O8S2/c1-12-22(15,16)20-8-9(21-23(17,18)13-2)7-19-11-6-4-3-5-10(11)14/h3-6,9,12-14H,7-8H2,1-2H3. The lowest BCUT2D eigenvalue weighted by atomic mass is 10.3. The van der Waals surface area contributed by atoms with E-state index in [0.29, 0.717) is 0 Å². The molecule has 0 bridgehead atoms. The Morgan fingerprint density at radius 2 is 1.65 bits per heavy atom. The lowest BCUT2D eigenvalue weighted by Gasteiger charge is -2.18. The fourth-order valence-electron chi connectivity index (χ4n) is 1.32. The minimum absolute atomic E-state index is 0.0828. The maximum Gasteiger partial charge on any atom is 0.336 e. The Labute approximate surface area is 134 Å². The first-order valence-corrected chi connectivity index (χ1v) is 9.11. The maximum atomic E-state index is 11.4. The van der Waals surface area contributed by atoms with Crippen LogP contribution in [0.3, 0.4) is 0 Å². The summed E-state index contributed by atoms with van der Waals surface area (Å²) in [4.78, 5) is 0. The van der Waals surface area contributed by atoms with Crippen LogP contribution in [0.4, 0.5) is 0 Å². The Morgan fingerprint density at radius 1 is 1.04 bits per heavy atom. The minimum Gasteiger partial charge on any atom is -0.504 e. The third kappa shape index (κ3) is 7.11. The van der Waals surface area contributed by atoms with Crippen molar-refractivity contribution in [1.29, 1.82) is 0 Å². The first-order valence-electron chi connectivity index (χ1n) is 6.29. The molecule has 1 unspecified atom stereocenters. The number of phenols is 1. The van der Waals surface area contributed by atoms with Crippen molar-refractivity contribution in [3.05, 3.63) is 24.3 Å². The van der Waals surface area contributed by atoms with Crippen molar-refractivity contribution >= 4 is 20.6 Å². The van der Waals surface area contributed by atoms with Crippen molar-refractivity contribution in [1.82, 2.24) is 9.44 Å². The highest BCUT2D eigenvalue weighted by Gasteiger charge is 2.22. The van der Waals surface area contributed by atoms with Crippen LogP contribution in [0.25, 0.3) is 0 Å². The van der Waals surface area contributed by atoms with Gasteiger partial charge in [-0.25, -0.2) is 4.18 Å². The topological polar surface area (TPSA) is 140 Å². The summed E-state index contributed by atoms with van der Waals surface area (Å²) in [6.07, 6.45) is -1.27. The smallest absolute Gasteiger partial charge is 0.336 e. The predicted molar refractivity (Wildman–Crippen MR) is 80.4 cm³/mol. The van der Waals surface area contributed by atoms with Gasteiger partial charge in [-0.3, -0.25) is 4.18 Å². The highest BCUT2D eigenvalue weighted by Crippen LogP contribution is 2.24. The monoisotopic (exact) mass is 370 g/mol. The van der Waals surface area contributed by atoms with Gasteiger partial charge < -0.3 is 9.84 Å². The van der Waals surface area contributed by atoms with Crippen LogP contribution < -0.4 is 14.2 Å². The lowest BCUT2D eigenvalue weighted by Crippen LogP contribution is -2.36. The number of phenolic OH excluding ortho intramolecular Hbond substituents is 1. The fourth-order valence-corrected chi connectivity index (χ4v) is 2.33. The molecule has 0 aliphatic rings. The van der Waals surface area contributed by atoms with E-state index in [1.54, 1.807) is 12.1 Å². The van der Waals surface area contributed by atoms with E-state index >= 15 is 0 Å². The van der Waals surface area contributed by atoms with E-state index in [1.165, 1.54) is 12.1 Å². The van der Waals surface area contributed by atoms with Gasteiger partial charge in [0.25, 0.3) is 0 Å². The number of ether oxygens (including phenoxy) is 1. The number of hydrogen-bond donors (Lipinski definition) is 3. The Hall–Kier alpha value is -1.44. The van der Waals surface area contributed by atoms with Gasteiger partial charge in [0.15, 0.2) is 11.5 Å². The molecule has 0 saturated heterocycles. The van der Waals surface area contributed by atoms with Gasteiger partial charge in [0, 0.05) is 14.1 Å². The Balaban J connectivity index is 2.76. The van der Waals surface area contributed by atoms with Crippen LogP contribution in [0.1, 0.15) is 0 Å². The molecule has 1 aromatic rings. The van der Waals surface area contributed by atoms with E-state index in [0.717, 1.165) is 14.1 Å². The molecule has 0 spiro atoms. The number of para-hydroxylation sites is 2. The summed E-state index contributed by atoms with van der Waals surface area (Å²) in [6, 6.07) is 5.99. The van der Waals surface area contributed by atoms with Crippen LogP contribution in [-0.2, 0) is 29.0 Å². The van der Waals surface area contributed by atoms with E-state index in [1.807, 2.05) is 9.44 Å². The lowest BCUT2D eigenvalue weighted by molar-refractivity contribution is 0.0855. The summed E-state index contributed by atoms with van der Waals surface area (Å²) in [5, 5.41) is 9.57. The highest BCUT2D eigenvalue weighted by molar-refractivity contribution is 7.85. The van der Waals surface area contributed by atoms with E-state index in [2.05, 4.69) is 4.18 Å². The van der Waals surface area contributed by atoms with Gasteiger partial charge in [-0.1, -0.05) is 12.1 Å². The molecule has 0 aliphatic carbocycles. The van der Waals surface area contributed by atoms with Crippen LogP contribution >= 0.6 is 0 Å². The molecule has 23 heavy (non-hydrogen) atoms. The third-order valence-electron chi connectivity index (χ3n) is 2.46. The van der Waals surface area contributed by atoms with Crippen molar-refractivity contribution in [3.63, 3.8) is 0 Å². The summed E-state index contributed by atoms with van der Waals surface area (Å²) >= 11 is 0. The fraction of sp³-hybridized carbons (Fsp3) is 0.455. The second kappa shape index (κ2) is 8.42. The molecule has 0 amide bonds. The van der Waals surface area contributed by atoms with Gasteiger partial charge in [-0.05, 0) is 12.1 Å². The molecule has 0 saturated carbocycles. The number of aromatic hydroxyl groups is 1. The Morgan fingerprint density at radius 3 is 2.22 bits per heavy atom. The average Bonchev–Trinajstić information content (AvgIpc) is 2.51. The number of benzene rings is 1. The van der Waals surface area contributed by atoms with E-state index < -0.39 is 33.3 Å². The quantitative estimate of drug-likeness (QED) is 0.481. The van der Waals surface area contributed by atoms with Crippen molar-refractivity contribution in [2.45, 2.75) is 6.10 Å². The van der Waals surface area contributed by atoms with Gasteiger partial charge in [-0.15, -0.1) is 0 Å². The third-order valence-corrected chi connectivity index (χ3v) is 4.43. The van der Waals surface area contributed by atoms with E-state index in [-0.39, 0.29) is 18.1 Å². The van der Waals surface area contributed by atoms with Crippen LogP contribution in [-0.4, -0.2) is 55.4 Å². The molecule has 10 nitrogen and oxygen atoms in total. The van der Waals surface area contributed by atoms with Crippen LogP contribution in [0.15, 0.2) is 24.3 Å². The molecule has 1 atom stereocenters. The zero-order chi connectivity index (χ0) is 17.5. The zero-order valence-corrected chi connectivity index (χ0v) is 14.1. The first-order chi connectivity index (χ1) is 10.7. The van der Waals surface area contributed by atoms with E-state index in [9.17, 15) is 21.9 Å². The summed E-state index contributed by atoms with van der Waals surface area (Å²) < 4.78 is 63.6. The molecule has 0 heterocycles. The highest BCUT2D eigenvalue weighted by atomic mass is 32.2. The van der Waals surface area contributed by atoms with Crippen molar-refractivity contribution in [2.75, 3.05) is 27.3 Å². The predicted octanol–water partition coefficient (Wildman–Crippen LogP) is -0.899. The van der Waals surface area contributed by atoms with E-state index in [4.69, 9.17) is 8.92 Å². The molecule has 0 aliphatic heterocycles. The second-order valence-corrected chi connectivity index (χ2v) is 7.16. The summed E-state index contributed by atoms with van der Waals surface area (Å²) in [7, 11) is -5.85. The number of nitrogens with one attached hydrogen (secondary N) is 2. The molecule has 1 aromatic carbocycles. The minimum atomic E-state index is -4.10. The number of hydrogen-bond acceptors (Lipinski definition) is 8. The molecule has 0 fully saturated rings. The van der Waals surface area contributed by atoms with Crippen LogP contribution in [0.5, 0.6) is 11.5 Å². The molecular weight excluding hydrogens is 352 g/mol. The second-order valence-electron chi connectivity index (χ2n) is 4.10. The number of rotatable bonds is 10. The van der Waals surface area contributed by atoms with Gasteiger partial charge >= 0.3 is 20.6 Å². The molecule has 0 aromatic heterocycles. The molecule has 3 N–H and O–H groups in total. The summed E-state index contributed by atoms with van der Waals surface area (Å²) in [6.45, 7) is -0.991. The van der Waals surface area contributed by atoms with Gasteiger partial charge in [0.05, 0.1) is 6.61 Å². The average molecular weight is 370 g/mol. The van der Waals surface area contributed by atoms with Crippen molar-refractivity contribution in [2.24, 2.45) is 0 Å².